The summed E-state index contributed by atoms with van der Waals surface area (Å²) in [7, 11) is 6.01. The fourth-order valence-electron chi connectivity index (χ4n) is 8.49. The van der Waals surface area contributed by atoms with Crippen molar-refractivity contribution >= 4 is 34.5 Å². The maximum absolute atomic E-state index is 14.2. The molecule has 3 aliphatic rings. The van der Waals surface area contributed by atoms with Crippen molar-refractivity contribution in [1.29, 1.82) is 0 Å². The summed E-state index contributed by atoms with van der Waals surface area (Å²) in [5.41, 5.74) is 2.36. The molecule has 3 aromatic rings. The van der Waals surface area contributed by atoms with Crippen LogP contribution in [0.15, 0.2) is 54.6 Å². The summed E-state index contributed by atoms with van der Waals surface area (Å²) in [6.45, 7) is 2.01. The van der Waals surface area contributed by atoms with Crippen LogP contribution in [0.5, 0.6) is 0 Å². The average molecular weight is 683 g/mol. The van der Waals surface area contributed by atoms with Gasteiger partial charge in [0.2, 0.25) is 17.7 Å². The molecule has 4 N–H and O–H groups in total. The van der Waals surface area contributed by atoms with Crippen LogP contribution < -0.4 is 21.3 Å². The lowest BCUT2D eigenvalue weighted by atomic mass is 9.89. The van der Waals surface area contributed by atoms with Crippen LogP contribution in [-0.4, -0.2) is 76.9 Å². The lowest BCUT2D eigenvalue weighted by molar-refractivity contribution is -0.132. The van der Waals surface area contributed by atoms with Gasteiger partial charge in [-0.25, -0.2) is 0 Å². The van der Waals surface area contributed by atoms with Gasteiger partial charge in [0.1, 0.15) is 17.3 Å². The van der Waals surface area contributed by atoms with Crippen molar-refractivity contribution < 1.29 is 19.2 Å². The molecule has 1 heterocycles. The zero-order valence-corrected chi connectivity index (χ0v) is 30.1. The van der Waals surface area contributed by atoms with E-state index in [1.54, 1.807) is 0 Å². The summed E-state index contributed by atoms with van der Waals surface area (Å²) in [6, 6.07) is 17.1. The van der Waals surface area contributed by atoms with E-state index < -0.39 is 11.6 Å². The number of aryl methyl sites for hydroxylation is 2. The number of carbonyl (C=O) groups excluding carboxylic acids is 4. The number of rotatable bonds is 11. The van der Waals surface area contributed by atoms with Gasteiger partial charge in [-0.05, 0) is 83.7 Å². The van der Waals surface area contributed by atoms with Crippen molar-refractivity contribution in [3.63, 3.8) is 0 Å². The maximum Gasteiger partial charge on any atom is 0.268 e. The number of nitrogens with one attached hydrogen (secondary N) is 4. The summed E-state index contributed by atoms with van der Waals surface area (Å²) < 4.78 is 1.85. The van der Waals surface area contributed by atoms with E-state index in [9.17, 15) is 19.2 Å². The molecule has 0 unspecified atom stereocenters. The van der Waals surface area contributed by atoms with Crippen molar-refractivity contribution in [3.8, 4) is 0 Å². The molecule has 0 bridgehead atoms. The van der Waals surface area contributed by atoms with Gasteiger partial charge in [0.05, 0.1) is 0 Å². The minimum absolute atomic E-state index is 0.0787. The van der Waals surface area contributed by atoms with Gasteiger partial charge in [0.25, 0.3) is 5.91 Å². The third kappa shape index (κ3) is 7.90. The topological polar surface area (TPSA) is 125 Å². The first-order valence-electron chi connectivity index (χ1n) is 18.5. The number of carbonyl (C=O) groups is 4. The third-order valence-electron chi connectivity index (χ3n) is 11.5. The lowest BCUT2D eigenvalue weighted by Gasteiger charge is -2.37. The van der Waals surface area contributed by atoms with Crippen LogP contribution in [-0.2, 0) is 27.9 Å². The fourth-order valence-corrected chi connectivity index (χ4v) is 8.49. The molecule has 0 aliphatic heterocycles. The molecule has 0 saturated heterocycles. The van der Waals surface area contributed by atoms with Crippen molar-refractivity contribution in [2.45, 2.75) is 114 Å². The Morgan fingerprint density at radius 1 is 0.900 bits per heavy atom. The monoisotopic (exact) mass is 682 g/mol. The first kappa shape index (κ1) is 35.6. The smallest absolute Gasteiger partial charge is 0.268 e. The highest BCUT2D eigenvalue weighted by Crippen LogP contribution is 2.32. The summed E-state index contributed by atoms with van der Waals surface area (Å²) in [5.74, 6) is -0.976. The van der Waals surface area contributed by atoms with Gasteiger partial charge >= 0.3 is 0 Å². The quantitative estimate of drug-likeness (QED) is 0.237. The Hall–Kier alpha value is -4.18. The molecule has 3 fully saturated rings. The van der Waals surface area contributed by atoms with Crippen molar-refractivity contribution in [2.24, 2.45) is 13.0 Å². The second-order valence-corrected chi connectivity index (χ2v) is 15.3. The van der Waals surface area contributed by atoms with Crippen LogP contribution >= 0.6 is 0 Å². The largest absolute Gasteiger partial charge is 0.352 e. The second-order valence-electron chi connectivity index (χ2n) is 15.3. The molecule has 1 aromatic heterocycles. The zero-order valence-electron chi connectivity index (χ0n) is 30.1. The van der Waals surface area contributed by atoms with Crippen molar-refractivity contribution in [2.75, 3.05) is 14.1 Å². The summed E-state index contributed by atoms with van der Waals surface area (Å²) in [6.07, 6.45) is 9.32. The number of nitrogens with zero attached hydrogens (tertiary/aromatic N) is 2. The molecule has 3 aliphatic carbocycles. The van der Waals surface area contributed by atoms with Crippen LogP contribution in [0.2, 0.25) is 0 Å². The molecule has 50 heavy (non-hydrogen) atoms. The van der Waals surface area contributed by atoms with Crippen molar-refractivity contribution in [1.82, 2.24) is 30.7 Å². The number of amides is 4. The van der Waals surface area contributed by atoms with Gasteiger partial charge in [0.15, 0.2) is 0 Å². The van der Waals surface area contributed by atoms with Crippen LogP contribution in [0.25, 0.3) is 10.9 Å². The van der Waals surface area contributed by atoms with Crippen LogP contribution in [0.1, 0.15) is 92.2 Å². The number of fused-ring (bicyclic) bond motifs is 1. The standard InChI is InChI=1S/C40H54N6O4/c1-26-15-17-27(18-16-26)23-32(37(48)41-30-20-19-29(24-30)36(47)42-31-12-6-8-14-34(31)45(2)3)43-39(50)40(21-9-10-22-40)44-38(49)35-25-28-11-5-7-13-33(28)46(35)4/h5,7,11,13,15-18,25,29-32,34H,6,8-10,12,14,19-24H2,1-4H3,(H,41,48)(H,42,47)(H,43,50)(H,44,49)/t29-,30+,31+,32-,34+/m1/s1. The molecule has 268 valence electrons. The Balaban J connectivity index is 1.13. The van der Waals surface area contributed by atoms with Gasteiger partial charge in [-0.1, -0.05) is 73.7 Å². The van der Waals surface area contributed by atoms with Gasteiger partial charge in [0, 0.05) is 48.4 Å². The summed E-state index contributed by atoms with van der Waals surface area (Å²) in [4.78, 5) is 57.5. The van der Waals surface area contributed by atoms with Gasteiger partial charge in [-0.15, -0.1) is 0 Å². The van der Waals surface area contributed by atoms with E-state index in [1.165, 1.54) is 6.42 Å². The molecule has 10 heteroatoms. The number of likely N-dealkylation sites (N-methyl/N-ethyl adjacent to an activating group) is 1. The third-order valence-corrected chi connectivity index (χ3v) is 11.5. The van der Waals surface area contributed by atoms with Gasteiger partial charge in [-0.3, -0.25) is 19.2 Å². The van der Waals surface area contributed by atoms with Gasteiger partial charge in [-0.2, -0.15) is 0 Å². The predicted molar refractivity (Wildman–Crippen MR) is 196 cm³/mol. The first-order valence-corrected chi connectivity index (χ1v) is 18.5. The molecule has 3 saturated carbocycles. The Bertz CT molecular complexity index is 1690. The molecular formula is C40H54N6O4. The number of hydrogen-bond acceptors (Lipinski definition) is 5. The van der Waals surface area contributed by atoms with E-state index in [4.69, 9.17) is 0 Å². The molecule has 6 rings (SSSR count). The predicted octanol–water partition coefficient (Wildman–Crippen LogP) is 4.53. The molecule has 0 radical (unpaired) electrons. The average Bonchev–Trinajstić information content (AvgIpc) is 3.85. The van der Waals surface area contributed by atoms with Crippen LogP contribution in [0.3, 0.4) is 0 Å². The SMILES string of the molecule is Cc1ccc(C[C@@H](NC(=O)C2(NC(=O)c3cc4ccccc4n3C)CCCC2)C(=O)N[C@H]2CC[C@@H](C(=O)N[C@H]3CCCC[C@@H]3N(C)C)C2)cc1. The summed E-state index contributed by atoms with van der Waals surface area (Å²) in [5, 5.41) is 13.7. The minimum Gasteiger partial charge on any atom is -0.352 e. The van der Waals surface area contributed by atoms with E-state index in [0.717, 1.165) is 54.1 Å². The number of aromatic nitrogens is 1. The molecule has 4 amide bonds. The van der Waals surface area contributed by atoms with E-state index in [0.29, 0.717) is 50.3 Å². The van der Waals surface area contributed by atoms with Crippen LogP contribution in [0, 0.1) is 12.8 Å². The highest BCUT2D eigenvalue weighted by atomic mass is 16.2. The van der Waals surface area contributed by atoms with Crippen LogP contribution in [0.4, 0.5) is 0 Å². The Kier molecular flexibility index (Phi) is 11.0. The van der Waals surface area contributed by atoms with Gasteiger partial charge < -0.3 is 30.7 Å². The number of benzene rings is 2. The Labute approximate surface area is 296 Å². The van der Waals surface area contributed by atoms with E-state index in [1.807, 2.05) is 73.1 Å². The van der Waals surface area contributed by atoms with E-state index >= 15 is 0 Å². The lowest BCUT2D eigenvalue weighted by Crippen LogP contribution is -2.61. The van der Waals surface area contributed by atoms with E-state index in [2.05, 4.69) is 40.3 Å². The zero-order chi connectivity index (χ0) is 35.4. The number of para-hydroxylation sites is 1. The molecule has 2 aromatic carbocycles. The Morgan fingerprint density at radius 3 is 2.34 bits per heavy atom. The highest BCUT2D eigenvalue weighted by Gasteiger charge is 2.44. The summed E-state index contributed by atoms with van der Waals surface area (Å²) >= 11 is 0. The molecule has 5 atom stereocenters. The second kappa shape index (κ2) is 15.4. The Morgan fingerprint density at radius 2 is 1.62 bits per heavy atom. The number of hydrogen-bond donors (Lipinski definition) is 4. The first-order chi connectivity index (χ1) is 24.0. The van der Waals surface area contributed by atoms with E-state index in [-0.39, 0.29) is 41.6 Å². The maximum atomic E-state index is 14.2. The molecular weight excluding hydrogens is 628 g/mol. The highest BCUT2D eigenvalue weighted by molar-refractivity contribution is 6.02. The van der Waals surface area contributed by atoms with Crippen molar-refractivity contribution in [3.05, 3.63) is 71.4 Å². The normalized spacial score (nSPS) is 23.8. The molecule has 10 nitrogen and oxygen atoms in total. The minimum atomic E-state index is -1.11. The molecule has 0 spiro atoms. The fraction of sp³-hybridized carbons (Fsp3) is 0.550.